The van der Waals surface area contributed by atoms with Gasteiger partial charge in [-0.1, -0.05) is 12.1 Å². The van der Waals surface area contributed by atoms with Crippen LogP contribution in [-0.4, -0.2) is 73.1 Å². The number of hydrogen-bond donors (Lipinski definition) is 0. The van der Waals surface area contributed by atoms with Crippen LogP contribution in [0.5, 0.6) is 5.75 Å². The molecule has 0 bridgehead atoms. The maximum absolute atomic E-state index is 13.9. The van der Waals surface area contributed by atoms with Gasteiger partial charge in [0.2, 0.25) is 0 Å². The largest absolute Gasteiger partial charge is 0.497 e. The molecule has 0 unspecified atom stereocenters. The fraction of sp³-hybridized carbons (Fsp3) is 0.400. The zero-order chi connectivity index (χ0) is 22.3. The fourth-order valence-corrected chi connectivity index (χ4v) is 4.03. The third kappa shape index (κ3) is 5.73. The fourth-order valence-electron chi connectivity index (χ4n) is 4.03. The Balaban J connectivity index is 1.50. The van der Waals surface area contributed by atoms with Crippen LogP contribution < -0.4 is 4.74 Å². The molecular formula is C25H31FN4O2. The second kappa shape index (κ2) is 10.7. The van der Waals surface area contributed by atoms with Gasteiger partial charge in [0.05, 0.1) is 31.7 Å². The van der Waals surface area contributed by atoms with Gasteiger partial charge in [-0.15, -0.1) is 0 Å². The van der Waals surface area contributed by atoms with Crippen LogP contribution in [0.4, 0.5) is 4.39 Å². The predicted molar refractivity (Wildman–Crippen MR) is 124 cm³/mol. The van der Waals surface area contributed by atoms with Crippen LogP contribution >= 0.6 is 0 Å². The Hall–Kier alpha value is -2.74. The number of morpholine rings is 1. The van der Waals surface area contributed by atoms with E-state index in [2.05, 4.69) is 16.8 Å². The standard InChI is InChI=1S/C25H31FN4O2/c1-28(11-4-12-29-13-15-32-16-14-29)18-21-19-30(23-7-9-24(31-2)10-8-23)27-25(21)20-5-3-6-22(26)17-20/h3,5-10,17,19H,4,11-16,18H2,1-2H3. The summed E-state index contributed by atoms with van der Waals surface area (Å²) in [6.07, 6.45) is 3.14. The van der Waals surface area contributed by atoms with Gasteiger partial charge in [-0.2, -0.15) is 5.10 Å². The summed E-state index contributed by atoms with van der Waals surface area (Å²) >= 11 is 0. The highest BCUT2D eigenvalue weighted by Crippen LogP contribution is 2.26. The van der Waals surface area contributed by atoms with Crippen LogP contribution in [0.2, 0.25) is 0 Å². The highest BCUT2D eigenvalue weighted by atomic mass is 19.1. The topological polar surface area (TPSA) is 42.8 Å². The van der Waals surface area contributed by atoms with Crippen molar-refractivity contribution in [3.63, 3.8) is 0 Å². The number of halogens is 1. The van der Waals surface area contributed by atoms with Crippen molar-refractivity contribution in [2.24, 2.45) is 0 Å². The SMILES string of the molecule is COc1ccc(-n2cc(CN(C)CCCN3CCOCC3)c(-c3cccc(F)c3)n2)cc1. The highest BCUT2D eigenvalue weighted by Gasteiger charge is 2.16. The lowest BCUT2D eigenvalue weighted by Gasteiger charge is -2.27. The Morgan fingerprint density at radius 3 is 2.62 bits per heavy atom. The highest BCUT2D eigenvalue weighted by molar-refractivity contribution is 5.63. The molecule has 2 aromatic carbocycles. The Morgan fingerprint density at radius 2 is 1.91 bits per heavy atom. The van der Waals surface area contributed by atoms with Crippen molar-refractivity contribution in [2.45, 2.75) is 13.0 Å². The van der Waals surface area contributed by atoms with Gasteiger partial charge < -0.3 is 14.4 Å². The average Bonchev–Trinajstić information content (AvgIpc) is 3.23. The van der Waals surface area contributed by atoms with Gasteiger partial charge in [0.1, 0.15) is 11.6 Å². The summed E-state index contributed by atoms with van der Waals surface area (Å²) in [6, 6.07) is 14.4. The van der Waals surface area contributed by atoms with Crippen LogP contribution in [0.25, 0.3) is 16.9 Å². The second-order valence-electron chi connectivity index (χ2n) is 8.20. The number of methoxy groups -OCH3 is 1. The molecule has 32 heavy (non-hydrogen) atoms. The van der Waals surface area contributed by atoms with Crippen molar-refractivity contribution < 1.29 is 13.9 Å². The van der Waals surface area contributed by atoms with E-state index in [0.29, 0.717) is 0 Å². The maximum Gasteiger partial charge on any atom is 0.123 e. The monoisotopic (exact) mass is 438 g/mol. The first-order valence-electron chi connectivity index (χ1n) is 11.1. The van der Waals surface area contributed by atoms with E-state index in [1.165, 1.54) is 6.07 Å². The molecule has 0 saturated carbocycles. The quantitative estimate of drug-likeness (QED) is 0.508. The third-order valence-electron chi connectivity index (χ3n) is 5.78. The van der Waals surface area contributed by atoms with Crippen molar-refractivity contribution in [1.29, 1.82) is 0 Å². The number of aromatic nitrogens is 2. The molecule has 7 heteroatoms. The molecule has 4 rings (SSSR count). The minimum absolute atomic E-state index is 0.258. The first-order valence-corrected chi connectivity index (χ1v) is 11.1. The average molecular weight is 439 g/mol. The van der Waals surface area contributed by atoms with E-state index in [-0.39, 0.29) is 5.82 Å². The van der Waals surface area contributed by atoms with Crippen molar-refractivity contribution >= 4 is 0 Å². The van der Waals surface area contributed by atoms with Crippen LogP contribution in [0, 0.1) is 5.82 Å². The molecule has 1 aliphatic heterocycles. The van der Waals surface area contributed by atoms with E-state index in [0.717, 1.165) is 80.6 Å². The van der Waals surface area contributed by atoms with Crippen molar-refractivity contribution in [3.05, 3.63) is 66.1 Å². The van der Waals surface area contributed by atoms with Crippen LogP contribution in [0.3, 0.4) is 0 Å². The van der Waals surface area contributed by atoms with Gasteiger partial charge in [0.25, 0.3) is 0 Å². The Labute approximate surface area is 189 Å². The zero-order valence-corrected chi connectivity index (χ0v) is 18.8. The van der Waals surface area contributed by atoms with Crippen molar-refractivity contribution in [1.82, 2.24) is 19.6 Å². The van der Waals surface area contributed by atoms with Gasteiger partial charge in [-0.25, -0.2) is 9.07 Å². The van der Waals surface area contributed by atoms with Crippen molar-refractivity contribution in [3.8, 4) is 22.7 Å². The van der Waals surface area contributed by atoms with Crippen LogP contribution in [0.15, 0.2) is 54.7 Å². The molecule has 0 N–H and O–H groups in total. The summed E-state index contributed by atoms with van der Waals surface area (Å²) in [5.74, 6) is 0.540. The molecule has 0 atom stereocenters. The van der Waals surface area contributed by atoms with Gasteiger partial charge in [0, 0.05) is 37.0 Å². The van der Waals surface area contributed by atoms with Gasteiger partial charge in [-0.3, -0.25) is 4.90 Å². The molecule has 0 spiro atoms. The van der Waals surface area contributed by atoms with E-state index in [1.807, 2.05) is 41.2 Å². The second-order valence-corrected chi connectivity index (χ2v) is 8.20. The Bertz CT molecular complexity index is 999. The lowest BCUT2D eigenvalue weighted by Crippen LogP contribution is -2.37. The van der Waals surface area contributed by atoms with Crippen molar-refractivity contribution in [2.75, 3.05) is 53.6 Å². The lowest BCUT2D eigenvalue weighted by molar-refractivity contribution is 0.0363. The summed E-state index contributed by atoms with van der Waals surface area (Å²) in [7, 11) is 3.78. The number of ether oxygens (including phenoxy) is 2. The van der Waals surface area contributed by atoms with E-state index in [1.54, 1.807) is 19.2 Å². The number of hydrogen-bond acceptors (Lipinski definition) is 5. The normalized spacial score (nSPS) is 14.8. The summed E-state index contributed by atoms with van der Waals surface area (Å²) < 4.78 is 26.5. The summed E-state index contributed by atoms with van der Waals surface area (Å²) in [4.78, 5) is 4.76. The lowest BCUT2D eigenvalue weighted by atomic mass is 10.1. The molecule has 1 saturated heterocycles. The van der Waals surface area contributed by atoms with Gasteiger partial charge in [0.15, 0.2) is 0 Å². The van der Waals surface area contributed by atoms with E-state index in [9.17, 15) is 4.39 Å². The smallest absolute Gasteiger partial charge is 0.123 e. The Morgan fingerprint density at radius 1 is 1.12 bits per heavy atom. The molecule has 1 fully saturated rings. The minimum atomic E-state index is -0.258. The predicted octanol–water partition coefficient (Wildman–Crippen LogP) is 3.84. The zero-order valence-electron chi connectivity index (χ0n) is 18.8. The number of nitrogens with zero attached hydrogens (tertiary/aromatic N) is 4. The molecule has 170 valence electrons. The molecule has 0 amide bonds. The minimum Gasteiger partial charge on any atom is -0.497 e. The maximum atomic E-state index is 13.9. The molecule has 1 aromatic heterocycles. The van der Waals surface area contributed by atoms with Crippen LogP contribution in [0.1, 0.15) is 12.0 Å². The van der Waals surface area contributed by atoms with Crippen LogP contribution in [-0.2, 0) is 11.3 Å². The number of benzene rings is 2. The van der Waals surface area contributed by atoms with E-state index in [4.69, 9.17) is 14.6 Å². The third-order valence-corrected chi connectivity index (χ3v) is 5.78. The number of rotatable bonds is 9. The summed E-state index contributed by atoms with van der Waals surface area (Å²) in [5.41, 5.74) is 3.60. The Kier molecular flexibility index (Phi) is 7.52. The summed E-state index contributed by atoms with van der Waals surface area (Å²) in [6.45, 7) is 6.49. The molecule has 3 aromatic rings. The molecule has 6 nitrogen and oxygen atoms in total. The van der Waals surface area contributed by atoms with Gasteiger partial charge >= 0.3 is 0 Å². The first kappa shape index (κ1) is 22.5. The molecule has 0 aliphatic carbocycles. The van der Waals surface area contributed by atoms with E-state index >= 15 is 0 Å². The summed E-state index contributed by atoms with van der Waals surface area (Å²) in [5, 5.41) is 4.81. The molecular weight excluding hydrogens is 407 g/mol. The van der Waals surface area contributed by atoms with E-state index < -0.39 is 0 Å². The molecule has 2 heterocycles. The molecule has 1 aliphatic rings. The molecule has 0 radical (unpaired) electrons. The first-order chi connectivity index (χ1) is 15.6. The van der Waals surface area contributed by atoms with Gasteiger partial charge in [-0.05, 0) is 63.0 Å².